The van der Waals surface area contributed by atoms with Crippen LogP contribution in [0.15, 0.2) is 28.3 Å². The van der Waals surface area contributed by atoms with Gasteiger partial charge in [-0.3, -0.25) is 4.79 Å². The van der Waals surface area contributed by atoms with E-state index in [9.17, 15) is 13.2 Å². The van der Waals surface area contributed by atoms with Gasteiger partial charge in [0.2, 0.25) is 15.9 Å². The van der Waals surface area contributed by atoms with Gasteiger partial charge in [0.1, 0.15) is 4.90 Å². The van der Waals surface area contributed by atoms with Crippen LogP contribution in [0.5, 0.6) is 0 Å². The van der Waals surface area contributed by atoms with Crippen LogP contribution in [0.1, 0.15) is 32.6 Å². The molecule has 1 aromatic heterocycles. The number of hydrogen-bond donors (Lipinski definition) is 0. The van der Waals surface area contributed by atoms with Crippen molar-refractivity contribution in [2.75, 3.05) is 31.9 Å². The number of nitrogens with zero attached hydrogens (tertiary/aromatic N) is 3. The maximum absolute atomic E-state index is 12.5. The number of aromatic nitrogens is 1. The molecule has 2 fully saturated rings. The van der Waals surface area contributed by atoms with Crippen LogP contribution < -0.4 is 0 Å². The quantitative estimate of drug-likeness (QED) is 0.729. The maximum atomic E-state index is 12.5. The Hall–Kier alpha value is -1.12. The molecule has 2 aliphatic heterocycles. The normalized spacial score (nSPS) is 22.3. The molecule has 1 aromatic rings. The number of sulfonamides is 1. The van der Waals surface area contributed by atoms with Crippen LogP contribution in [0.4, 0.5) is 0 Å². The summed E-state index contributed by atoms with van der Waals surface area (Å²) in [4.78, 5) is 18.7. The molecular formula is C17H25N3O3S2. The zero-order valence-corrected chi connectivity index (χ0v) is 16.2. The Morgan fingerprint density at radius 2 is 2.00 bits per heavy atom. The lowest BCUT2D eigenvalue weighted by molar-refractivity contribution is -0.130. The summed E-state index contributed by atoms with van der Waals surface area (Å²) in [6, 6.07) is 3.29. The topological polar surface area (TPSA) is 70.6 Å². The zero-order valence-electron chi connectivity index (χ0n) is 14.6. The average Bonchev–Trinajstić information content (AvgIpc) is 3.15. The summed E-state index contributed by atoms with van der Waals surface area (Å²) in [6.45, 7) is 5.01. The van der Waals surface area contributed by atoms with Gasteiger partial charge in [-0.1, -0.05) is 18.7 Å². The summed E-state index contributed by atoms with van der Waals surface area (Å²) in [7, 11) is -3.42. The Balaban J connectivity index is 1.56. The van der Waals surface area contributed by atoms with Gasteiger partial charge >= 0.3 is 0 Å². The van der Waals surface area contributed by atoms with E-state index >= 15 is 0 Å². The van der Waals surface area contributed by atoms with E-state index in [1.807, 2.05) is 4.90 Å². The summed E-state index contributed by atoms with van der Waals surface area (Å²) < 4.78 is 26.4. The molecule has 2 aliphatic rings. The summed E-state index contributed by atoms with van der Waals surface area (Å²) >= 11 is 1.36. The summed E-state index contributed by atoms with van der Waals surface area (Å²) in [6.07, 6.45) is 5.49. The number of hydrogen-bond acceptors (Lipinski definition) is 5. The van der Waals surface area contributed by atoms with Crippen LogP contribution in [0.25, 0.3) is 0 Å². The molecule has 1 atom stereocenters. The van der Waals surface area contributed by atoms with Gasteiger partial charge in [-0.25, -0.2) is 13.4 Å². The lowest BCUT2D eigenvalue weighted by Crippen LogP contribution is -2.40. The maximum Gasteiger partial charge on any atom is 0.244 e. The van der Waals surface area contributed by atoms with Gasteiger partial charge in [0, 0.05) is 32.4 Å². The van der Waals surface area contributed by atoms with Crippen molar-refractivity contribution in [3.63, 3.8) is 0 Å². The first-order valence-corrected chi connectivity index (χ1v) is 11.3. The second kappa shape index (κ2) is 8.05. The molecule has 0 unspecified atom stereocenters. The van der Waals surface area contributed by atoms with Crippen LogP contribution in [0.2, 0.25) is 0 Å². The molecule has 3 rings (SSSR count). The van der Waals surface area contributed by atoms with E-state index in [4.69, 9.17) is 0 Å². The van der Waals surface area contributed by atoms with Crippen molar-refractivity contribution in [1.29, 1.82) is 0 Å². The Morgan fingerprint density at radius 3 is 2.64 bits per heavy atom. The molecule has 0 aliphatic carbocycles. The van der Waals surface area contributed by atoms with E-state index in [1.54, 1.807) is 12.1 Å². The number of carbonyl (C=O) groups is 1. The number of rotatable bonds is 5. The van der Waals surface area contributed by atoms with E-state index in [2.05, 4.69) is 11.9 Å². The molecule has 3 heterocycles. The Labute approximate surface area is 154 Å². The van der Waals surface area contributed by atoms with Crippen LogP contribution in [-0.2, 0) is 14.8 Å². The van der Waals surface area contributed by atoms with E-state index in [1.165, 1.54) is 28.7 Å². The van der Waals surface area contributed by atoms with Crippen LogP contribution >= 0.6 is 11.8 Å². The van der Waals surface area contributed by atoms with Gasteiger partial charge in [-0.05, 0) is 43.7 Å². The zero-order chi connectivity index (χ0) is 17.9. The van der Waals surface area contributed by atoms with Gasteiger partial charge in [0.25, 0.3) is 0 Å². The fourth-order valence-electron chi connectivity index (χ4n) is 3.33. The predicted molar refractivity (Wildman–Crippen MR) is 97.9 cm³/mol. The first kappa shape index (κ1) is 18.7. The van der Waals surface area contributed by atoms with E-state index in [0.717, 1.165) is 32.4 Å². The van der Waals surface area contributed by atoms with Crippen LogP contribution in [0.3, 0.4) is 0 Å². The molecule has 0 N–H and O–H groups in total. The van der Waals surface area contributed by atoms with E-state index < -0.39 is 10.0 Å². The molecule has 8 heteroatoms. The Morgan fingerprint density at radius 1 is 1.24 bits per heavy atom. The Bertz CT molecular complexity index is 700. The molecule has 1 amide bonds. The summed E-state index contributed by atoms with van der Waals surface area (Å²) in [5.74, 6) is 1.04. The van der Waals surface area contributed by atoms with E-state index in [-0.39, 0.29) is 10.8 Å². The highest BCUT2D eigenvalue weighted by Crippen LogP contribution is 2.23. The third-order valence-corrected chi connectivity index (χ3v) is 7.58. The third-order valence-electron chi connectivity index (χ3n) is 4.77. The van der Waals surface area contributed by atoms with Gasteiger partial charge in [0.05, 0.1) is 10.8 Å². The molecule has 0 aromatic carbocycles. The van der Waals surface area contributed by atoms with Crippen molar-refractivity contribution in [3.8, 4) is 0 Å². The highest BCUT2D eigenvalue weighted by Gasteiger charge is 2.27. The van der Waals surface area contributed by atoms with E-state index in [0.29, 0.717) is 29.8 Å². The molecule has 0 radical (unpaired) electrons. The van der Waals surface area contributed by atoms with Crippen molar-refractivity contribution < 1.29 is 13.2 Å². The van der Waals surface area contributed by atoms with Crippen LogP contribution in [0, 0.1) is 5.92 Å². The molecule has 0 saturated carbocycles. The highest BCUT2D eigenvalue weighted by atomic mass is 32.2. The third kappa shape index (κ3) is 4.54. The van der Waals surface area contributed by atoms with Gasteiger partial charge in [-0.15, -0.1) is 0 Å². The van der Waals surface area contributed by atoms with Gasteiger partial charge in [0.15, 0.2) is 0 Å². The highest BCUT2D eigenvalue weighted by molar-refractivity contribution is 7.99. The fraction of sp³-hybridized carbons (Fsp3) is 0.647. The number of carbonyl (C=O) groups excluding carboxylic acids is 1. The minimum Gasteiger partial charge on any atom is -0.342 e. The number of thioether (sulfide) groups is 1. The monoisotopic (exact) mass is 383 g/mol. The van der Waals surface area contributed by atoms with Crippen molar-refractivity contribution in [2.45, 2.75) is 42.5 Å². The summed E-state index contributed by atoms with van der Waals surface area (Å²) in [5.41, 5.74) is 0. The van der Waals surface area contributed by atoms with Crippen LogP contribution in [-0.4, -0.2) is 60.4 Å². The molecule has 0 spiro atoms. The average molecular weight is 384 g/mol. The lowest BCUT2D eigenvalue weighted by atomic mass is 10.0. The minimum atomic E-state index is -3.42. The van der Waals surface area contributed by atoms with Crippen molar-refractivity contribution >= 4 is 27.7 Å². The van der Waals surface area contributed by atoms with Crippen molar-refractivity contribution in [3.05, 3.63) is 18.3 Å². The van der Waals surface area contributed by atoms with Crippen molar-refractivity contribution in [1.82, 2.24) is 14.2 Å². The first-order chi connectivity index (χ1) is 12.0. The van der Waals surface area contributed by atoms with Crippen molar-refractivity contribution in [2.24, 2.45) is 5.92 Å². The molecule has 25 heavy (non-hydrogen) atoms. The predicted octanol–water partition coefficient (Wildman–Crippen LogP) is 2.22. The molecule has 2 saturated heterocycles. The number of amides is 1. The number of pyridine rings is 1. The summed E-state index contributed by atoms with van der Waals surface area (Å²) in [5, 5.41) is 0.679. The minimum absolute atomic E-state index is 0.132. The molecular weight excluding hydrogens is 358 g/mol. The fourth-order valence-corrected chi connectivity index (χ4v) is 5.53. The first-order valence-electron chi connectivity index (χ1n) is 8.83. The molecule has 6 nitrogen and oxygen atoms in total. The number of likely N-dealkylation sites (tertiary alicyclic amines) is 1. The van der Waals surface area contributed by atoms with Gasteiger partial charge in [-0.2, -0.15) is 4.31 Å². The standard InChI is InChI=1S/C17H25N3O3S2/c1-14-5-4-8-19(12-14)17(21)13-24-16-7-6-15(11-18-16)25(22,23)20-9-2-3-10-20/h6-7,11,14H,2-5,8-10,12-13H2,1H3/t14-/m0/s1. The molecule has 138 valence electrons. The smallest absolute Gasteiger partial charge is 0.244 e. The molecule has 0 bridgehead atoms. The van der Waals surface area contributed by atoms with Gasteiger partial charge < -0.3 is 4.90 Å². The lowest BCUT2D eigenvalue weighted by Gasteiger charge is -2.30. The number of piperidine rings is 1. The second-order valence-electron chi connectivity index (χ2n) is 6.82. The largest absolute Gasteiger partial charge is 0.342 e. The SMILES string of the molecule is C[C@H]1CCCN(C(=O)CSc2ccc(S(=O)(=O)N3CCCC3)cn2)C1. The Kier molecular flexibility index (Phi) is 6.01. The second-order valence-corrected chi connectivity index (χ2v) is 9.75.